The predicted molar refractivity (Wildman–Crippen MR) is 95.9 cm³/mol. The highest BCUT2D eigenvalue weighted by molar-refractivity contribution is 6.00. The van der Waals surface area contributed by atoms with Gasteiger partial charge in [0.2, 0.25) is 11.8 Å². The van der Waals surface area contributed by atoms with E-state index in [0.717, 1.165) is 37.0 Å². The highest BCUT2D eigenvalue weighted by atomic mass is 19.1. The van der Waals surface area contributed by atoms with Gasteiger partial charge >= 0.3 is 0 Å². The van der Waals surface area contributed by atoms with Crippen molar-refractivity contribution in [2.24, 2.45) is 23.7 Å². The minimum atomic E-state index is -0.414. The predicted octanol–water partition coefficient (Wildman–Crippen LogP) is 3.26. The number of hydrogen-bond donors (Lipinski definition) is 1. The SMILES string of the molecule is O=C(NC12CC3CC(CC(C3)C1)C2)[C@H]1CC(=O)N(c2ccccc2F)C1. The van der Waals surface area contributed by atoms with Gasteiger partial charge in [-0.3, -0.25) is 9.59 Å². The van der Waals surface area contributed by atoms with Crippen LogP contribution in [0.15, 0.2) is 24.3 Å². The number of rotatable bonds is 3. The fourth-order valence-corrected chi connectivity index (χ4v) is 6.41. The maximum absolute atomic E-state index is 14.0. The van der Waals surface area contributed by atoms with Gasteiger partial charge in [-0.15, -0.1) is 0 Å². The molecule has 0 spiro atoms. The largest absolute Gasteiger partial charge is 0.350 e. The molecule has 4 bridgehead atoms. The van der Waals surface area contributed by atoms with E-state index in [1.54, 1.807) is 18.2 Å². The number of carbonyl (C=O) groups excluding carboxylic acids is 2. The summed E-state index contributed by atoms with van der Waals surface area (Å²) in [6, 6.07) is 6.28. The van der Waals surface area contributed by atoms with E-state index in [-0.39, 0.29) is 41.9 Å². The van der Waals surface area contributed by atoms with Gasteiger partial charge in [0.1, 0.15) is 5.82 Å². The van der Waals surface area contributed by atoms with Gasteiger partial charge in [0.05, 0.1) is 11.6 Å². The van der Waals surface area contributed by atoms with E-state index in [4.69, 9.17) is 0 Å². The zero-order valence-electron chi connectivity index (χ0n) is 14.9. The Balaban J connectivity index is 1.30. The molecular weight excluding hydrogens is 331 g/mol. The number of carbonyl (C=O) groups is 2. The van der Waals surface area contributed by atoms with Gasteiger partial charge in [-0.05, 0) is 68.4 Å². The molecule has 4 aliphatic carbocycles. The van der Waals surface area contributed by atoms with E-state index in [9.17, 15) is 14.0 Å². The molecule has 4 nitrogen and oxygen atoms in total. The molecule has 1 N–H and O–H groups in total. The van der Waals surface area contributed by atoms with Crippen LogP contribution in [0.1, 0.15) is 44.9 Å². The Kier molecular flexibility index (Phi) is 3.63. The van der Waals surface area contributed by atoms with Gasteiger partial charge in [-0.25, -0.2) is 4.39 Å². The molecule has 4 saturated carbocycles. The summed E-state index contributed by atoms with van der Waals surface area (Å²) in [5.41, 5.74) is 0.239. The molecule has 0 unspecified atom stereocenters. The first-order valence-corrected chi connectivity index (χ1v) is 9.88. The average Bonchev–Trinajstić information content (AvgIpc) is 2.95. The van der Waals surface area contributed by atoms with Crippen LogP contribution in [0.3, 0.4) is 0 Å². The molecule has 2 amide bonds. The monoisotopic (exact) mass is 356 g/mol. The summed E-state index contributed by atoms with van der Waals surface area (Å²) in [6.07, 6.45) is 7.47. The Labute approximate surface area is 153 Å². The van der Waals surface area contributed by atoms with Crippen molar-refractivity contribution in [1.82, 2.24) is 5.32 Å². The van der Waals surface area contributed by atoms with Gasteiger partial charge in [0.25, 0.3) is 0 Å². The lowest BCUT2D eigenvalue weighted by atomic mass is 9.53. The lowest BCUT2D eigenvalue weighted by molar-refractivity contribution is -0.131. The molecular formula is C21H25FN2O2. The second kappa shape index (κ2) is 5.80. The standard InChI is InChI=1S/C21H25FN2O2/c22-17-3-1-2-4-18(17)24-12-16(8-19(24)25)20(26)23-21-9-13-5-14(10-21)7-15(6-13)11-21/h1-4,13-16H,5-12H2,(H,23,26)/t13?,14?,15?,16-,21?/m0/s1. The number of nitrogens with zero attached hydrogens (tertiary/aromatic N) is 1. The third-order valence-corrected chi connectivity index (χ3v) is 7.07. The molecule has 5 fully saturated rings. The number of benzene rings is 1. The van der Waals surface area contributed by atoms with Crippen LogP contribution in [0.4, 0.5) is 10.1 Å². The molecule has 1 aromatic rings. The number of hydrogen-bond acceptors (Lipinski definition) is 2. The third-order valence-electron chi connectivity index (χ3n) is 7.07. The van der Waals surface area contributed by atoms with Crippen molar-refractivity contribution in [3.8, 4) is 0 Å². The summed E-state index contributed by atoms with van der Waals surface area (Å²) in [5.74, 6) is 1.32. The molecule has 1 saturated heterocycles. The van der Waals surface area contributed by atoms with Gasteiger partial charge in [0, 0.05) is 18.5 Å². The normalized spacial score (nSPS) is 38.0. The number of amides is 2. The fourth-order valence-electron chi connectivity index (χ4n) is 6.41. The molecule has 26 heavy (non-hydrogen) atoms. The van der Waals surface area contributed by atoms with E-state index >= 15 is 0 Å². The van der Waals surface area contributed by atoms with Crippen molar-refractivity contribution >= 4 is 17.5 Å². The number of halogens is 1. The van der Waals surface area contributed by atoms with E-state index in [2.05, 4.69) is 5.32 Å². The van der Waals surface area contributed by atoms with Crippen molar-refractivity contribution in [3.63, 3.8) is 0 Å². The zero-order chi connectivity index (χ0) is 17.9. The summed E-state index contributed by atoms with van der Waals surface area (Å²) >= 11 is 0. The molecule has 5 heteroatoms. The van der Waals surface area contributed by atoms with Gasteiger partial charge < -0.3 is 10.2 Å². The van der Waals surface area contributed by atoms with Crippen LogP contribution in [-0.4, -0.2) is 23.9 Å². The summed E-state index contributed by atoms with van der Waals surface area (Å²) in [4.78, 5) is 26.8. The van der Waals surface area contributed by atoms with Crippen LogP contribution in [0.25, 0.3) is 0 Å². The quantitative estimate of drug-likeness (QED) is 0.904. The number of nitrogens with one attached hydrogen (secondary N) is 1. The van der Waals surface area contributed by atoms with E-state index in [1.807, 2.05) is 0 Å². The summed E-state index contributed by atoms with van der Waals surface area (Å²) in [6.45, 7) is 0.276. The minimum absolute atomic E-state index is 0.0147. The van der Waals surface area contributed by atoms with Crippen LogP contribution >= 0.6 is 0 Å². The Hall–Kier alpha value is -1.91. The first-order chi connectivity index (χ1) is 12.5. The van der Waals surface area contributed by atoms with Crippen molar-refractivity contribution in [2.45, 2.75) is 50.5 Å². The van der Waals surface area contributed by atoms with Crippen LogP contribution in [0, 0.1) is 29.5 Å². The number of anilines is 1. The second-order valence-electron chi connectivity index (χ2n) is 9.04. The number of para-hydroxylation sites is 1. The van der Waals surface area contributed by atoms with Crippen molar-refractivity contribution < 1.29 is 14.0 Å². The lowest BCUT2D eigenvalue weighted by Crippen LogP contribution is -2.60. The van der Waals surface area contributed by atoms with Crippen molar-refractivity contribution in [1.29, 1.82) is 0 Å². The highest BCUT2D eigenvalue weighted by Gasteiger charge is 2.52. The summed E-state index contributed by atoms with van der Waals surface area (Å²) < 4.78 is 14.0. The van der Waals surface area contributed by atoms with Crippen LogP contribution in [0.2, 0.25) is 0 Å². The van der Waals surface area contributed by atoms with Gasteiger partial charge in [0.15, 0.2) is 0 Å². The molecule has 138 valence electrons. The summed E-state index contributed by atoms with van der Waals surface area (Å²) in [7, 11) is 0. The Morgan fingerprint density at radius 3 is 2.31 bits per heavy atom. The van der Waals surface area contributed by atoms with Crippen LogP contribution in [-0.2, 0) is 9.59 Å². The molecule has 1 aliphatic heterocycles. The van der Waals surface area contributed by atoms with E-state index in [0.29, 0.717) is 0 Å². The molecule has 1 atom stereocenters. The van der Waals surface area contributed by atoms with Gasteiger partial charge in [-0.1, -0.05) is 12.1 Å². The topological polar surface area (TPSA) is 49.4 Å². The first kappa shape index (κ1) is 16.3. The molecule has 6 rings (SSSR count). The van der Waals surface area contributed by atoms with E-state index < -0.39 is 5.82 Å². The zero-order valence-corrected chi connectivity index (χ0v) is 14.9. The maximum atomic E-state index is 14.0. The third kappa shape index (κ3) is 2.63. The van der Waals surface area contributed by atoms with Crippen LogP contribution < -0.4 is 10.2 Å². The smallest absolute Gasteiger partial charge is 0.227 e. The average molecular weight is 356 g/mol. The maximum Gasteiger partial charge on any atom is 0.227 e. The molecule has 0 aromatic heterocycles. The summed E-state index contributed by atoms with van der Waals surface area (Å²) in [5, 5.41) is 3.36. The Bertz CT molecular complexity index is 727. The fraction of sp³-hybridized carbons (Fsp3) is 0.619. The molecule has 0 radical (unpaired) electrons. The van der Waals surface area contributed by atoms with Crippen LogP contribution in [0.5, 0.6) is 0 Å². The second-order valence-corrected chi connectivity index (χ2v) is 9.04. The highest BCUT2D eigenvalue weighted by Crippen LogP contribution is 2.55. The first-order valence-electron chi connectivity index (χ1n) is 9.88. The minimum Gasteiger partial charge on any atom is -0.350 e. The van der Waals surface area contributed by atoms with Gasteiger partial charge in [-0.2, -0.15) is 0 Å². The Morgan fingerprint density at radius 2 is 1.69 bits per heavy atom. The lowest BCUT2D eigenvalue weighted by Gasteiger charge is -2.57. The van der Waals surface area contributed by atoms with E-state index in [1.165, 1.54) is 30.2 Å². The Morgan fingerprint density at radius 1 is 1.08 bits per heavy atom. The molecule has 1 heterocycles. The van der Waals surface area contributed by atoms with Crippen molar-refractivity contribution in [2.75, 3.05) is 11.4 Å². The molecule has 5 aliphatic rings. The molecule has 1 aromatic carbocycles. The van der Waals surface area contributed by atoms with Crippen molar-refractivity contribution in [3.05, 3.63) is 30.1 Å².